The third-order valence-corrected chi connectivity index (χ3v) is 5.99. The van der Waals surface area contributed by atoms with Crippen LogP contribution in [0, 0.1) is 0 Å². The highest BCUT2D eigenvalue weighted by atomic mass is 16.3. The van der Waals surface area contributed by atoms with Gasteiger partial charge in [-0.3, -0.25) is 4.79 Å². The number of nitrogens with one attached hydrogen (secondary N) is 1. The minimum Gasteiger partial charge on any atom is -0.394 e. The molecule has 0 heterocycles. The molecule has 0 bridgehead atoms. The number of carbonyl (C=O) groups is 1. The molecule has 0 aromatic carbocycles. The van der Waals surface area contributed by atoms with Gasteiger partial charge in [0, 0.05) is 6.42 Å². The van der Waals surface area contributed by atoms with E-state index in [4.69, 9.17) is 0 Å². The third-order valence-electron chi connectivity index (χ3n) is 5.99. The number of carbonyl (C=O) groups excluding carboxylic acids is 1. The van der Waals surface area contributed by atoms with Crippen LogP contribution >= 0.6 is 0 Å². The predicted molar refractivity (Wildman–Crippen MR) is 138 cm³/mol. The van der Waals surface area contributed by atoms with E-state index in [2.05, 4.69) is 25.2 Å². The monoisotopic (exact) mass is 451 g/mol. The molecule has 0 unspecified atom stereocenters. The molecule has 0 aliphatic rings. The lowest BCUT2D eigenvalue weighted by molar-refractivity contribution is -0.123. The summed E-state index contributed by atoms with van der Waals surface area (Å²) in [5.74, 6) is -0.0890. The van der Waals surface area contributed by atoms with Crippen LogP contribution in [0.1, 0.15) is 129 Å². The fourth-order valence-corrected chi connectivity index (χ4v) is 3.82. The van der Waals surface area contributed by atoms with Gasteiger partial charge in [-0.15, -0.1) is 0 Å². The Morgan fingerprint density at radius 3 is 1.78 bits per heavy atom. The number of unbranched alkanes of at least 4 members (excludes halogenated alkanes) is 15. The topological polar surface area (TPSA) is 69.6 Å². The lowest BCUT2D eigenvalue weighted by Crippen LogP contribution is -2.45. The lowest BCUT2D eigenvalue weighted by Gasteiger charge is -2.19. The number of hydrogen-bond donors (Lipinski definition) is 3. The van der Waals surface area contributed by atoms with E-state index in [1.165, 1.54) is 89.9 Å². The number of allylic oxidation sites excluding steroid dienone is 3. The Hall–Kier alpha value is -1.13. The highest BCUT2D eigenvalue weighted by Gasteiger charge is 2.17. The zero-order chi connectivity index (χ0) is 23.7. The zero-order valence-electron chi connectivity index (χ0n) is 21.2. The first-order chi connectivity index (χ1) is 15.7. The molecule has 32 heavy (non-hydrogen) atoms. The van der Waals surface area contributed by atoms with Crippen LogP contribution in [0.25, 0.3) is 0 Å². The maximum Gasteiger partial charge on any atom is 0.220 e. The van der Waals surface area contributed by atoms with Crippen LogP contribution in [-0.2, 0) is 4.79 Å². The van der Waals surface area contributed by atoms with E-state index in [1.807, 2.05) is 6.08 Å². The molecule has 0 aliphatic heterocycles. The van der Waals surface area contributed by atoms with Gasteiger partial charge in [-0.2, -0.15) is 0 Å². The molecule has 4 heteroatoms. The summed E-state index contributed by atoms with van der Waals surface area (Å²) in [5.41, 5.74) is 0. The summed E-state index contributed by atoms with van der Waals surface area (Å²) in [4.78, 5) is 12.1. The van der Waals surface area contributed by atoms with Crippen molar-refractivity contribution >= 4 is 5.91 Å². The third kappa shape index (κ3) is 20.8. The van der Waals surface area contributed by atoms with Crippen molar-refractivity contribution in [2.45, 2.75) is 142 Å². The van der Waals surface area contributed by atoms with Crippen LogP contribution in [0.2, 0.25) is 0 Å². The standard InChI is InChI=1S/C28H53NO3/c1-3-5-7-9-11-13-14-16-17-19-21-23-27(31)26(25-30)29-28(32)24-22-20-18-15-12-10-8-6-4-2/h17,19,21,23,26-27,30-31H,3-16,18,20,22,24-25H2,1-2H3,(H,29,32)/b19-17+,23-21+/t26-,27+/m0/s1. The summed E-state index contributed by atoms with van der Waals surface area (Å²) in [7, 11) is 0. The molecule has 0 spiro atoms. The molecule has 3 N–H and O–H groups in total. The first-order valence-electron chi connectivity index (χ1n) is 13.6. The van der Waals surface area contributed by atoms with Crippen molar-refractivity contribution in [2.75, 3.05) is 6.61 Å². The largest absolute Gasteiger partial charge is 0.394 e. The molecule has 0 fully saturated rings. The van der Waals surface area contributed by atoms with Crippen LogP contribution in [0.15, 0.2) is 24.3 Å². The number of hydrogen-bond acceptors (Lipinski definition) is 3. The van der Waals surface area contributed by atoms with E-state index in [1.54, 1.807) is 12.2 Å². The Morgan fingerprint density at radius 1 is 0.750 bits per heavy atom. The molecule has 0 aliphatic carbocycles. The summed E-state index contributed by atoms with van der Waals surface area (Å²) >= 11 is 0. The number of aliphatic hydroxyl groups excluding tert-OH is 2. The first kappa shape index (κ1) is 30.9. The Morgan fingerprint density at radius 2 is 1.25 bits per heavy atom. The van der Waals surface area contributed by atoms with Gasteiger partial charge in [-0.25, -0.2) is 0 Å². The van der Waals surface area contributed by atoms with Gasteiger partial charge in [-0.05, 0) is 19.3 Å². The molecule has 1 amide bonds. The first-order valence-corrected chi connectivity index (χ1v) is 13.6. The summed E-state index contributed by atoms with van der Waals surface area (Å²) < 4.78 is 0. The van der Waals surface area contributed by atoms with Crippen LogP contribution in [0.4, 0.5) is 0 Å². The van der Waals surface area contributed by atoms with Crippen molar-refractivity contribution in [1.29, 1.82) is 0 Å². The highest BCUT2D eigenvalue weighted by Crippen LogP contribution is 2.11. The van der Waals surface area contributed by atoms with Gasteiger partial charge in [0.25, 0.3) is 0 Å². The van der Waals surface area contributed by atoms with Gasteiger partial charge in [0.05, 0.1) is 18.8 Å². The molecule has 0 aromatic rings. The minimum atomic E-state index is -0.879. The van der Waals surface area contributed by atoms with Gasteiger partial charge in [0.15, 0.2) is 0 Å². The molecule has 0 aromatic heterocycles. The van der Waals surface area contributed by atoms with Crippen molar-refractivity contribution in [1.82, 2.24) is 5.32 Å². The van der Waals surface area contributed by atoms with Crippen LogP contribution in [-0.4, -0.2) is 34.9 Å². The summed E-state index contributed by atoms with van der Waals surface area (Å²) in [6, 6.07) is -0.645. The lowest BCUT2D eigenvalue weighted by atomic mass is 10.1. The van der Waals surface area contributed by atoms with E-state index in [-0.39, 0.29) is 12.5 Å². The Labute approximate surface area is 199 Å². The molecule has 4 nitrogen and oxygen atoms in total. The maximum atomic E-state index is 12.1. The normalized spacial score (nSPS) is 13.8. The van der Waals surface area contributed by atoms with Crippen LogP contribution < -0.4 is 5.32 Å². The predicted octanol–water partition coefficient (Wildman–Crippen LogP) is 7.00. The Balaban J connectivity index is 3.82. The molecular formula is C28H53NO3. The Bertz CT molecular complexity index is 462. The highest BCUT2D eigenvalue weighted by molar-refractivity contribution is 5.76. The second-order valence-electron chi connectivity index (χ2n) is 9.15. The van der Waals surface area contributed by atoms with Crippen molar-refractivity contribution in [2.24, 2.45) is 0 Å². The second-order valence-corrected chi connectivity index (χ2v) is 9.15. The van der Waals surface area contributed by atoms with Crippen molar-refractivity contribution in [3.8, 4) is 0 Å². The molecular weight excluding hydrogens is 398 g/mol. The van der Waals surface area contributed by atoms with E-state index in [0.29, 0.717) is 6.42 Å². The average molecular weight is 452 g/mol. The van der Waals surface area contributed by atoms with Crippen molar-refractivity contribution < 1.29 is 15.0 Å². The quantitative estimate of drug-likeness (QED) is 0.116. The van der Waals surface area contributed by atoms with E-state index in [9.17, 15) is 15.0 Å². The molecule has 0 saturated heterocycles. The van der Waals surface area contributed by atoms with Crippen LogP contribution in [0.3, 0.4) is 0 Å². The maximum absolute atomic E-state index is 12.1. The molecule has 188 valence electrons. The molecule has 2 atom stereocenters. The van der Waals surface area contributed by atoms with E-state index < -0.39 is 12.1 Å². The molecule has 0 saturated carbocycles. The number of aliphatic hydroxyl groups is 2. The second kappa shape index (κ2) is 24.5. The summed E-state index contributed by atoms with van der Waals surface area (Å²) in [6.45, 7) is 4.21. The van der Waals surface area contributed by atoms with Gasteiger partial charge < -0.3 is 15.5 Å². The molecule has 0 radical (unpaired) electrons. The van der Waals surface area contributed by atoms with E-state index in [0.717, 1.165) is 19.3 Å². The van der Waals surface area contributed by atoms with Crippen molar-refractivity contribution in [3.63, 3.8) is 0 Å². The summed E-state index contributed by atoms with van der Waals surface area (Å²) in [6.07, 6.45) is 28.2. The number of amides is 1. The van der Waals surface area contributed by atoms with Gasteiger partial charge in [0.1, 0.15) is 0 Å². The average Bonchev–Trinajstić information content (AvgIpc) is 2.79. The summed E-state index contributed by atoms with van der Waals surface area (Å²) in [5, 5.41) is 22.5. The number of rotatable bonds is 23. The van der Waals surface area contributed by atoms with Crippen molar-refractivity contribution in [3.05, 3.63) is 24.3 Å². The zero-order valence-corrected chi connectivity index (χ0v) is 21.2. The van der Waals surface area contributed by atoms with E-state index >= 15 is 0 Å². The van der Waals surface area contributed by atoms with Gasteiger partial charge in [-0.1, -0.05) is 128 Å². The van der Waals surface area contributed by atoms with Gasteiger partial charge >= 0.3 is 0 Å². The van der Waals surface area contributed by atoms with Gasteiger partial charge in [0.2, 0.25) is 5.91 Å². The Kier molecular flexibility index (Phi) is 23.6. The minimum absolute atomic E-state index is 0.0890. The fourth-order valence-electron chi connectivity index (χ4n) is 3.82. The smallest absolute Gasteiger partial charge is 0.220 e. The molecule has 0 rings (SSSR count). The SMILES string of the molecule is CCCCCCCCC/C=C/C=C/[C@@H](O)[C@H](CO)NC(=O)CCCCCCCCCCC. The fraction of sp³-hybridized carbons (Fsp3) is 0.821. The van der Waals surface area contributed by atoms with Crippen LogP contribution in [0.5, 0.6) is 0 Å².